The first kappa shape index (κ1) is 15.5. The minimum atomic E-state index is -0.427. The van der Waals surface area contributed by atoms with E-state index >= 15 is 0 Å². The van der Waals surface area contributed by atoms with Crippen LogP contribution < -0.4 is 5.73 Å². The van der Waals surface area contributed by atoms with Crippen molar-refractivity contribution in [2.75, 3.05) is 12.3 Å². The van der Waals surface area contributed by atoms with Crippen molar-refractivity contribution >= 4 is 11.9 Å². The molecule has 1 fully saturated rings. The van der Waals surface area contributed by atoms with Crippen molar-refractivity contribution in [1.29, 1.82) is 0 Å². The Morgan fingerprint density at radius 1 is 1.17 bits per heavy atom. The summed E-state index contributed by atoms with van der Waals surface area (Å²) in [5.74, 6) is 0.173. The zero-order valence-electron chi connectivity index (χ0n) is 13.3. The van der Waals surface area contributed by atoms with Gasteiger partial charge in [-0.25, -0.2) is 9.97 Å². The molecule has 0 bridgehead atoms. The summed E-state index contributed by atoms with van der Waals surface area (Å²) in [5.41, 5.74) is 8.01. The first-order chi connectivity index (χ1) is 11.2. The quantitative estimate of drug-likeness (QED) is 0.655. The molecule has 0 amide bonds. The summed E-state index contributed by atoms with van der Waals surface area (Å²) in [7, 11) is 0. The normalized spacial score (nSPS) is 15.2. The summed E-state index contributed by atoms with van der Waals surface area (Å²) in [6.45, 7) is 2.60. The van der Waals surface area contributed by atoms with Crippen LogP contribution in [0.2, 0.25) is 0 Å². The van der Waals surface area contributed by atoms with Gasteiger partial charge in [0.05, 0.1) is 12.0 Å². The number of ether oxygens (including phenoxy) is 1. The van der Waals surface area contributed by atoms with Crippen LogP contribution in [0.5, 0.6) is 0 Å². The van der Waals surface area contributed by atoms with Crippen molar-refractivity contribution in [3.63, 3.8) is 0 Å². The zero-order valence-corrected chi connectivity index (χ0v) is 13.3. The van der Waals surface area contributed by atoms with Crippen LogP contribution in [0.4, 0.5) is 5.95 Å². The van der Waals surface area contributed by atoms with E-state index in [0.29, 0.717) is 6.61 Å². The van der Waals surface area contributed by atoms with Crippen LogP contribution in [0.25, 0.3) is 11.1 Å². The molecule has 1 heterocycles. The van der Waals surface area contributed by atoms with E-state index in [4.69, 9.17) is 10.5 Å². The van der Waals surface area contributed by atoms with Crippen molar-refractivity contribution in [3.8, 4) is 11.1 Å². The Morgan fingerprint density at radius 2 is 1.83 bits per heavy atom. The molecular formula is C18H21N3O2. The van der Waals surface area contributed by atoms with E-state index in [1.807, 2.05) is 24.3 Å². The molecule has 2 aromatic rings. The maximum atomic E-state index is 12.3. The molecule has 23 heavy (non-hydrogen) atoms. The molecule has 1 aromatic heterocycles. The second-order valence-corrected chi connectivity index (χ2v) is 5.98. The Hall–Kier alpha value is -2.43. The number of nitrogens with zero attached hydrogens (tertiary/aromatic N) is 2. The maximum Gasteiger partial charge on any atom is 0.316 e. The van der Waals surface area contributed by atoms with Crippen LogP contribution in [-0.4, -0.2) is 22.5 Å². The van der Waals surface area contributed by atoms with Gasteiger partial charge in [0.25, 0.3) is 0 Å². The molecule has 1 aliphatic rings. The zero-order chi connectivity index (χ0) is 16.3. The van der Waals surface area contributed by atoms with Gasteiger partial charge in [-0.2, -0.15) is 0 Å². The van der Waals surface area contributed by atoms with E-state index in [1.165, 1.54) is 0 Å². The lowest BCUT2D eigenvalue weighted by Crippen LogP contribution is -2.23. The van der Waals surface area contributed by atoms with Gasteiger partial charge >= 0.3 is 5.97 Å². The molecule has 0 saturated heterocycles. The van der Waals surface area contributed by atoms with E-state index in [0.717, 1.165) is 42.4 Å². The summed E-state index contributed by atoms with van der Waals surface area (Å²) < 4.78 is 5.42. The molecule has 5 heteroatoms. The number of rotatable bonds is 6. The third kappa shape index (κ3) is 3.18. The number of unbranched alkanes of at least 4 members (excludes halogenated alkanes) is 1. The number of nitrogen functional groups attached to an aromatic ring is 1. The number of esters is 1. The van der Waals surface area contributed by atoms with Gasteiger partial charge in [-0.3, -0.25) is 4.79 Å². The van der Waals surface area contributed by atoms with Crippen molar-refractivity contribution in [2.45, 2.75) is 38.0 Å². The van der Waals surface area contributed by atoms with Gasteiger partial charge in [0.15, 0.2) is 0 Å². The predicted octanol–water partition coefficient (Wildman–Crippen LogP) is 3.10. The van der Waals surface area contributed by atoms with Crippen LogP contribution in [-0.2, 0) is 14.9 Å². The fourth-order valence-electron chi connectivity index (χ4n) is 2.65. The molecule has 0 atom stereocenters. The predicted molar refractivity (Wildman–Crippen MR) is 88.7 cm³/mol. The van der Waals surface area contributed by atoms with Crippen LogP contribution in [0, 0.1) is 0 Å². The number of carbonyl (C=O) groups excluding carboxylic acids is 1. The van der Waals surface area contributed by atoms with Gasteiger partial charge in [0.1, 0.15) is 0 Å². The largest absolute Gasteiger partial charge is 0.465 e. The molecule has 120 valence electrons. The number of benzene rings is 1. The van der Waals surface area contributed by atoms with Gasteiger partial charge in [0, 0.05) is 18.0 Å². The summed E-state index contributed by atoms with van der Waals surface area (Å²) in [5, 5.41) is 0. The highest BCUT2D eigenvalue weighted by Crippen LogP contribution is 2.49. The monoisotopic (exact) mass is 311 g/mol. The fourth-order valence-corrected chi connectivity index (χ4v) is 2.65. The topological polar surface area (TPSA) is 78.1 Å². The SMILES string of the molecule is CCCCOC(=O)C1(c2ccc(-c3cnc(N)nc3)cc2)CC1. The third-order valence-electron chi connectivity index (χ3n) is 4.31. The van der Waals surface area contributed by atoms with Gasteiger partial charge in [-0.1, -0.05) is 37.6 Å². The summed E-state index contributed by atoms with van der Waals surface area (Å²) >= 11 is 0. The number of hydrogen-bond acceptors (Lipinski definition) is 5. The van der Waals surface area contributed by atoms with Crippen molar-refractivity contribution in [1.82, 2.24) is 9.97 Å². The minimum absolute atomic E-state index is 0.0884. The van der Waals surface area contributed by atoms with Gasteiger partial charge in [0.2, 0.25) is 5.95 Å². The van der Waals surface area contributed by atoms with Gasteiger partial charge < -0.3 is 10.5 Å². The van der Waals surface area contributed by atoms with E-state index in [9.17, 15) is 4.79 Å². The molecule has 1 aliphatic carbocycles. The lowest BCUT2D eigenvalue weighted by molar-refractivity contribution is -0.146. The van der Waals surface area contributed by atoms with Crippen molar-refractivity contribution < 1.29 is 9.53 Å². The van der Waals surface area contributed by atoms with E-state index < -0.39 is 5.41 Å². The third-order valence-corrected chi connectivity index (χ3v) is 4.31. The molecule has 3 rings (SSSR count). The van der Waals surface area contributed by atoms with Crippen LogP contribution in [0.1, 0.15) is 38.2 Å². The number of hydrogen-bond donors (Lipinski definition) is 1. The number of carbonyl (C=O) groups is 1. The smallest absolute Gasteiger partial charge is 0.316 e. The molecule has 0 radical (unpaired) electrons. The summed E-state index contributed by atoms with van der Waals surface area (Å²) in [6.07, 6.45) is 7.06. The first-order valence-corrected chi connectivity index (χ1v) is 8.01. The Bertz CT molecular complexity index is 676. The number of anilines is 1. The van der Waals surface area contributed by atoms with Crippen LogP contribution in [0.3, 0.4) is 0 Å². The van der Waals surface area contributed by atoms with E-state index in [-0.39, 0.29) is 11.9 Å². The number of aromatic nitrogens is 2. The molecule has 2 N–H and O–H groups in total. The van der Waals surface area contributed by atoms with Gasteiger partial charge in [-0.15, -0.1) is 0 Å². The Kier molecular flexibility index (Phi) is 4.28. The fraction of sp³-hybridized carbons (Fsp3) is 0.389. The molecule has 0 aliphatic heterocycles. The summed E-state index contributed by atoms with van der Waals surface area (Å²) in [6, 6.07) is 7.98. The van der Waals surface area contributed by atoms with Crippen LogP contribution >= 0.6 is 0 Å². The highest BCUT2D eigenvalue weighted by Gasteiger charge is 2.52. The highest BCUT2D eigenvalue weighted by molar-refractivity contribution is 5.86. The molecular weight excluding hydrogens is 290 g/mol. The average molecular weight is 311 g/mol. The number of nitrogens with two attached hydrogens (primary N) is 1. The van der Waals surface area contributed by atoms with Crippen molar-refractivity contribution in [2.24, 2.45) is 0 Å². The van der Waals surface area contributed by atoms with Crippen LogP contribution in [0.15, 0.2) is 36.7 Å². The minimum Gasteiger partial charge on any atom is -0.465 e. The van der Waals surface area contributed by atoms with E-state index in [1.54, 1.807) is 12.4 Å². The Labute approximate surface area is 135 Å². The standard InChI is InChI=1S/C18H21N3O2/c1-2-3-10-23-16(22)18(8-9-18)15-6-4-13(5-7-15)14-11-20-17(19)21-12-14/h4-7,11-12H,2-3,8-10H2,1H3,(H2,19,20,21). The van der Waals surface area contributed by atoms with Crippen molar-refractivity contribution in [3.05, 3.63) is 42.2 Å². The molecule has 1 saturated carbocycles. The Balaban J connectivity index is 1.74. The molecule has 5 nitrogen and oxygen atoms in total. The summed E-state index contributed by atoms with van der Waals surface area (Å²) in [4.78, 5) is 20.3. The lowest BCUT2D eigenvalue weighted by Gasteiger charge is -2.15. The van der Waals surface area contributed by atoms with E-state index in [2.05, 4.69) is 16.9 Å². The molecule has 0 unspecified atom stereocenters. The Morgan fingerprint density at radius 3 is 2.39 bits per heavy atom. The molecule has 1 aromatic carbocycles. The first-order valence-electron chi connectivity index (χ1n) is 8.01. The van der Waals surface area contributed by atoms with Gasteiger partial charge in [-0.05, 0) is 30.4 Å². The average Bonchev–Trinajstić information content (AvgIpc) is 3.38. The second kappa shape index (κ2) is 6.36. The highest BCUT2D eigenvalue weighted by atomic mass is 16.5. The maximum absolute atomic E-state index is 12.3. The second-order valence-electron chi connectivity index (χ2n) is 5.98. The lowest BCUT2D eigenvalue weighted by atomic mass is 9.94. The molecule has 0 spiro atoms.